The van der Waals surface area contributed by atoms with Gasteiger partial charge in [-0.3, -0.25) is 9.59 Å². The molecule has 4 nitrogen and oxygen atoms in total. The molecule has 6 heteroatoms. The molecule has 0 aliphatic carbocycles. The number of nitrogens with zero attached hydrogens (tertiary/aromatic N) is 1. The van der Waals surface area contributed by atoms with E-state index in [4.69, 9.17) is 23.2 Å². The Morgan fingerprint density at radius 2 is 1.47 bits per heavy atom. The summed E-state index contributed by atoms with van der Waals surface area (Å²) in [6.07, 6.45) is 0.537. The van der Waals surface area contributed by atoms with Gasteiger partial charge in [-0.15, -0.1) is 0 Å². The Balaban J connectivity index is 1.99. The maximum atomic E-state index is 13.7. The van der Waals surface area contributed by atoms with Gasteiger partial charge in [-0.1, -0.05) is 83.9 Å². The van der Waals surface area contributed by atoms with Crippen molar-refractivity contribution in [2.45, 2.75) is 51.7 Å². The fraction of sp³-hybridized carbons (Fsp3) is 0.286. The highest BCUT2D eigenvalue weighted by Gasteiger charge is 2.32. The van der Waals surface area contributed by atoms with Crippen molar-refractivity contribution in [1.29, 1.82) is 0 Å². The van der Waals surface area contributed by atoms with Crippen molar-refractivity contribution in [2.24, 2.45) is 0 Å². The normalized spacial score (nSPS) is 12.1. The predicted molar refractivity (Wildman–Crippen MR) is 139 cm³/mol. The molecule has 0 spiro atoms. The fourth-order valence-electron chi connectivity index (χ4n) is 3.70. The van der Waals surface area contributed by atoms with Gasteiger partial charge in [0.05, 0.1) is 6.42 Å². The largest absolute Gasteiger partial charge is 0.350 e. The molecule has 0 bridgehead atoms. The van der Waals surface area contributed by atoms with Crippen LogP contribution in [0.2, 0.25) is 10.0 Å². The number of rotatable bonds is 8. The zero-order valence-corrected chi connectivity index (χ0v) is 21.2. The number of amides is 2. The fourth-order valence-corrected chi connectivity index (χ4v) is 4.02. The third kappa shape index (κ3) is 7.61. The second-order valence-corrected chi connectivity index (χ2v) is 10.2. The first-order chi connectivity index (χ1) is 16.1. The first-order valence-electron chi connectivity index (χ1n) is 11.3. The second kappa shape index (κ2) is 11.5. The lowest BCUT2D eigenvalue weighted by atomic mass is 10.00. The molecule has 0 aliphatic rings. The molecule has 178 valence electrons. The molecule has 1 atom stereocenters. The zero-order valence-electron chi connectivity index (χ0n) is 19.7. The number of hydrogen-bond acceptors (Lipinski definition) is 2. The number of carbonyl (C=O) groups excluding carboxylic acids is 2. The maximum Gasteiger partial charge on any atom is 0.243 e. The minimum atomic E-state index is -0.710. The van der Waals surface area contributed by atoms with E-state index < -0.39 is 11.6 Å². The minimum Gasteiger partial charge on any atom is -0.350 e. The molecule has 1 N–H and O–H groups in total. The summed E-state index contributed by atoms with van der Waals surface area (Å²) in [4.78, 5) is 28.9. The molecule has 0 heterocycles. The summed E-state index contributed by atoms with van der Waals surface area (Å²) in [6.45, 7) is 6.01. The topological polar surface area (TPSA) is 49.4 Å². The summed E-state index contributed by atoms with van der Waals surface area (Å²) in [6, 6.07) is 23.6. The highest BCUT2D eigenvalue weighted by molar-refractivity contribution is 6.31. The highest BCUT2D eigenvalue weighted by Crippen LogP contribution is 2.22. The molecular formula is C28H30Cl2N2O2. The second-order valence-electron chi connectivity index (χ2n) is 9.36. The minimum absolute atomic E-state index is 0.149. The van der Waals surface area contributed by atoms with E-state index in [1.165, 1.54) is 0 Å². The number of carbonyl (C=O) groups is 2. The molecule has 3 aromatic rings. The van der Waals surface area contributed by atoms with Gasteiger partial charge in [0.25, 0.3) is 0 Å². The van der Waals surface area contributed by atoms with E-state index in [1.807, 2.05) is 81.4 Å². The van der Waals surface area contributed by atoms with Gasteiger partial charge in [0.1, 0.15) is 6.04 Å². The van der Waals surface area contributed by atoms with Crippen LogP contribution in [0.25, 0.3) is 0 Å². The standard InChI is InChI=1S/C28H30Cl2N2O2/c1-28(2,3)31-27(34)25(17-20-9-5-4-6-10-20)32(19-22-11-7-8-12-24(22)30)26(33)18-21-13-15-23(29)16-14-21/h4-16,25H,17-19H2,1-3H3,(H,31,34)/t25-/m1/s1. The summed E-state index contributed by atoms with van der Waals surface area (Å²) in [7, 11) is 0. The van der Waals surface area contributed by atoms with E-state index in [0.717, 1.165) is 16.7 Å². The van der Waals surface area contributed by atoms with Crippen molar-refractivity contribution in [3.8, 4) is 0 Å². The molecule has 0 radical (unpaired) electrons. The summed E-state index contributed by atoms with van der Waals surface area (Å²) in [5, 5.41) is 4.23. The van der Waals surface area contributed by atoms with Crippen molar-refractivity contribution in [2.75, 3.05) is 0 Å². The quantitative estimate of drug-likeness (QED) is 0.410. The van der Waals surface area contributed by atoms with Gasteiger partial charge in [0, 0.05) is 28.5 Å². The average molecular weight is 497 g/mol. The summed E-state index contributed by atoms with van der Waals surface area (Å²) >= 11 is 12.5. The lowest BCUT2D eigenvalue weighted by molar-refractivity contribution is -0.141. The van der Waals surface area contributed by atoms with Crippen LogP contribution in [0.3, 0.4) is 0 Å². The van der Waals surface area contributed by atoms with Gasteiger partial charge < -0.3 is 10.2 Å². The Labute approximate surface area is 211 Å². The van der Waals surface area contributed by atoms with Crippen molar-refractivity contribution >= 4 is 35.0 Å². The van der Waals surface area contributed by atoms with E-state index in [0.29, 0.717) is 16.5 Å². The maximum absolute atomic E-state index is 13.7. The molecule has 2 amide bonds. The van der Waals surface area contributed by atoms with Crippen molar-refractivity contribution in [3.05, 3.63) is 106 Å². The number of benzene rings is 3. The number of nitrogens with one attached hydrogen (secondary N) is 1. The van der Waals surface area contributed by atoms with Crippen LogP contribution in [0.15, 0.2) is 78.9 Å². The van der Waals surface area contributed by atoms with Crippen LogP contribution in [0.1, 0.15) is 37.5 Å². The number of hydrogen-bond donors (Lipinski definition) is 1. The summed E-state index contributed by atoms with van der Waals surface area (Å²) < 4.78 is 0. The van der Waals surface area contributed by atoms with Gasteiger partial charge in [0.15, 0.2) is 0 Å². The Bertz CT molecular complexity index is 1110. The van der Waals surface area contributed by atoms with Crippen LogP contribution in [0.4, 0.5) is 0 Å². The first kappa shape index (κ1) is 25.8. The van der Waals surface area contributed by atoms with Crippen molar-refractivity contribution in [1.82, 2.24) is 10.2 Å². The molecule has 3 aromatic carbocycles. The molecule has 0 unspecified atom stereocenters. The van der Waals surface area contributed by atoms with Crippen LogP contribution >= 0.6 is 23.2 Å². The first-order valence-corrected chi connectivity index (χ1v) is 12.0. The Morgan fingerprint density at radius 1 is 0.853 bits per heavy atom. The van der Waals surface area contributed by atoms with Crippen LogP contribution in [-0.4, -0.2) is 28.3 Å². The lowest BCUT2D eigenvalue weighted by Gasteiger charge is -2.34. The van der Waals surface area contributed by atoms with Crippen molar-refractivity contribution in [3.63, 3.8) is 0 Å². The van der Waals surface area contributed by atoms with Crippen LogP contribution in [0.5, 0.6) is 0 Å². The molecule has 0 saturated heterocycles. The summed E-state index contributed by atoms with van der Waals surface area (Å²) in [5.41, 5.74) is 2.14. The van der Waals surface area contributed by atoms with Crippen LogP contribution < -0.4 is 5.32 Å². The van der Waals surface area contributed by atoms with E-state index in [2.05, 4.69) is 5.32 Å². The van der Waals surface area contributed by atoms with E-state index in [9.17, 15) is 9.59 Å². The molecule has 34 heavy (non-hydrogen) atoms. The third-order valence-electron chi connectivity index (χ3n) is 5.34. The molecular weight excluding hydrogens is 467 g/mol. The smallest absolute Gasteiger partial charge is 0.243 e. The lowest BCUT2D eigenvalue weighted by Crippen LogP contribution is -2.54. The van der Waals surface area contributed by atoms with Gasteiger partial charge in [0.2, 0.25) is 11.8 Å². The van der Waals surface area contributed by atoms with Crippen LogP contribution in [0, 0.1) is 0 Å². The Kier molecular flexibility index (Phi) is 8.76. The van der Waals surface area contributed by atoms with Gasteiger partial charge >= 0.3 is 0 Å². The van der Waals surface area contributed by atoms with Crippen molar-refractivity contribution < 1.29 is 9.59 Å². The monoisotopic (exact) mass is 496 g/mol. The third-order valence-corrected chi connectivity index (χ3v) is 5.96. The molecule has 0 fully saturated rings. The molecule has 3 rings (SSSR count). The Morgan fingerprint density at radius 3 is 2.09 bits per heavy atom. The average Bonchev–Trinajstić information content (AvgIpc) is 2.78. The van der Waals surface area contributed by atoms with E-state index in [-0.39, 0.29) is 24.8 Å². The molecule has 0 saturated carbocycles. The van der Waals surface area contributed by atoms with Gasteiger partial charge in [-0.2, -0.15) is 0 Å². The SMILES string of the molecule is CC(C)(C)NC(=O)[C@@H](Cc1ccccc1)N(Cc1ccccc1Cl)C(=O)Cc1ccc(Cl)cc1. The van der Waals surface area contributed by atoms with E-state index >= 15 is 0 Å². The predicted octanol–water partition coefficient (Wildman–Crippen LogP) is 6.09. The van der Waals surface area contributed by atoms with E-state index in [1.54, 1.807) is 23.1 Å². The highest BCUT2D eigenvalue weighted by atomic mass is 35.5. The Hall–Kier alpha value is -2.82. The van der Waals surface area contributed by atoms with Gasteiger partial charge in [-0.05, 0) is 55.7 Å². The van der Waals surface area contributed by atoms with Crippen LogP contribution in [-0.2, 0) is 29.0 Å². The summed E-state index contributed by atoms with van der Waals surface area (Å²) in [5.74, 6) is -0.361. The zero-order chi connectivity index (χ0) is 24.7. The van der Waals surface area contributed by atoms with Gasteiger partial charge in [-0.25, -0.2) is 0 Å². The number of halogens is 2. The molecule has 0 aromatic heterocycles. The molecule has 0 aliphatic heterocycles.